The summed E-state index contributed by atoms with van der Waals surface area (Å²) < 4.78 is 8.10. The molecule has 4 aromatic rings. The highest BCUT2D eigenvalue weighted by atomic mass is 79.9. The number of hydrogen-bond acceptors (Lipinski definition) is 4. The molecule has 0 radical (unpaired) electrons. The topological polar surface area (TPSA) is 84.1 Å². The molecule has 2 N–H and O–H groups in total. The molecule has 2 heterocycles. The zero-order valence-electron chi connectivity index (χ0n) is 17.0. The lowest BCUT2D eigenvalue weighted by Crippen LogP contribution is -2.07. The van der Waals surface area contributed by atoms with E-state index in [4.69, 9.17) is 4.74 Å². The Labute approximate surface area is 187 Å². The molecule has 0 bridgehead atoms. The van der Waals surface area contributed by atoms with Crippen molar-refractivity contribution in [3.63, 3.8) is 0 Å². The Morgan fingerprint density at radius 1 is 1.13 bits per heavy atom. The van der Waals surface area contributed by atoms with Crippen LogP contribution in [0, 0.1) is 6.92 Å². The number of imidazole rings is 1. The largest absolute Gasteiger partial charge is 0.478 e. The van der Waals surface area contributed by atoms with Crippen LogP contribution in [0.2, 0.25) is 0 Å². The number of aliphatic hydroxyl groups excluding tert-OH is 1. The van der Waals surface area contributed by atoms with Crippen molar-refractivity contribution in [1.29, 1.82) is 0 Å². The van der Waals surface area contributed by atoms with E-state index in [1.54, 1.807) is 36.4 Å². The van der Waals surface area contributed by atoms with Gasteiger partial charge in [-0.2, -0.15) is 4.98 Å². The first kappa shape index (κ1) is 21.1. The Bertz CT molecular complexity index is 1260. The smallest absolute Gasteiger partial charge is 0.336 e. The molecular weight excluding hydrogens is 460 g/mol. The number of ether oxygens (including phenoxy) is 1. The van der Waals surface area contributed by atoms with Crippen LogP contribution in [0.25, 0.3) is 16.8 Å². The van der Waals surface area contributed by atoms with E-state index in [0.29, 0.717) is 39.6 Å². The van der Waals surface area contributed by atoms with Crippen molar-refractivity contribution < 1.29 is 19.7 Å². The normalized spacial score (nSPS) is 12.1. The third-order valence-corrected chi connectivity index (χ3v) is 5.86. The summed E-state index contributed by atoms with van der Waals surface area (Å²) in [6.45, 7) is 4.33. The van der Waals surface area contributed by atoms with Crippen molar-refractivity contribution in [3.8, 4) is 17.0 Å². The van der Waals surface area contributed by atoms with Gasteiger partial charge in [0.25, 0.3) is 0 Å². The van der Waals surface area contributed by atoms with Crippen molar-refractivity contribution in [2.45, 2.75) is 20.0 Å². The summed E-state index contributed by atoms with van der Waals surface area (Å²) in [4.78, 5) is 16.1. The lowest BCUT2D eigenvalue weighted by Gasteiger charge is -2.16. The van der Waals surface area contributed by atoms with E-state index in [1.807, 2.05) is 42.5 Å². The molecule has 31 heavy (non-hydrogen) atoms. The number of aryl methyl sites for hydroxylation is 1. The van der Waals surface area contributed by atoms with Gasteiger partial charge in [-0.3, -0.25) is 4.40 Å². The van der Waals surface area contributed by atoms with Crippen LogP contribution in [0.3, 0.4) is 0 Å². The lowest BCUT2D eigenvalue weighted by atomic mass is 9.97. The van der Waals surface area contributed by atoms with E-state index in [2.05, 4.69) is 20.9 Å². The van der Waals surface area contributed by atoms with Gasteiger partial charge in [0.1, 0.15) is 11.8 Å². The number of nitrogens with zero attached hydrogens (tertiary/aromatic N) is 2. The predicted molar refractivity (Wildman–Crippen MR) is 122 cm³/mol. The first-order valence-electron chi connectivity index (χ1n) is 9.83. The number of hydrogen-bond donors (Lipinski definition) is 2. The Morgan fingerprint density at radius 2 is 1.84 bits per heavy atom. The summed E-state index contributed by atoms with van der Waals surface area (Å²) in [7, 11) is 0. The van der Waals surface area contributed by atoms with Gasteiger partial charge in [0.05, 0.1) is 17.9 Å². The standard InChI is InChI=1S/C24H21BrN2O4/c1-3-31-23-21(25)27-19(13-8-14(2)22(27)26-23)20(28)16-11-9-15(10-12-16)17-6-4-5-7-18(17)24(29)30/h4-13,20,28H,3H2,1-2H3,(H,29,30)/t20-/m1/s1. The second kappa shape index (κ2) is 8.53. The van der Waals surface area contributed by atoms with Crippen LogP contribution in [-0.2, 0) is 0 Å². The summed E-state index contributed by atoms with van der Waals surface area (Å²) in [6.07, 6.45) is -0.910. The molecule has 0 saturated heterocycles. The third-order valence-electron chi connectivity index (χ3n) is 5.16. The SMILES string of the molecule is CCOc1nc2c(C)ccc([C@H](O)c3ccc(-c4ccccc4C(=O)O)cc3)n2c1Br. The van der Waals surface area contributed by atoms with Gasteiger partial charge in [-0.1, -0.05) is 48.5 Å². The number of rotatable bonds is 6. The summed E-state index contributed by atoms with van der Waals surface area (Å²) in [5.74, 6) is -0.498. The summed E-state index contributed by atoms with van der Waals surface area (Å²) in [5, 5.41) is 20.6. The minimum absolute atomic E-state index is 0.238. The maximum atomic E-state index is 11.5. The van der Waals surface area contributed by atoms with Crippen molar-refractivity contribution in [3.05, 3.63) is 87.7 Å². The first-order chi connectivity index (χ1) is 14.9. The van der Waals surface area contributed by atoms with Gasteiger partial charge in [-0.25, -0.2) is 4.79 Å². The third kappa shape index (κ3) is 3.82. The van der Waals surface area contributed by atoms with E-state index < -0.39 is 12.1 Å². The number of aromatic carboxylic acids is 1. The van der Waals surface area contributed by atoms with Crippen LogP contribution in [-0.4, -0.2) is 32.2 Å². The second-order valence-electron chi connectivity index (χ2n) is 7.12. The number of benzene rings is 2. The van der Waals surface area contributed by atoms with E-state index in [-0.39, 0.29) is 5.56 Å². The van der Waals surface area contributed by atoms with Crippen LogP contribution >= 0.6 is 15.9 Å². The molecule has 0 aliphatic heterocycles. The lowest BCUT2D eigenvalue weighted by molar-refractivity contribution is 0.0697. The number of carbonyl (C=O) groups is 1. The number of aromatic nitrogens is 2. The fraction of sp³-hybridized carbons (Fsp3) is 0.167. The molecule has 0 unspecified atom stereocenters. The van der Waals surface area contributed by atoms with Crippen LogP contribution in [0.15, 0.2) is 65.3 Å². The molecule has 158 valence electrons. The Kier molecular flexibility index (Phi) is 5.80. The number of fused-ring (bicyclic) bond motifs is 1. The van der Waals surface area contributed by atoms with Gasteiger partial charge < -0.3 is 14.9 Å². The highest BCUT2D eigenvalue weighted by Gasteiger charge is 2.21. The summed E-state index contributed by atoms with van der Waals surface area (Å²) in [5.41, 5.74) is 4.63. The van der Waals surface area contributed by atoms with Crippen molar-refractivity contribution >= 4 is 27.5 Å². The molecule has 0 amide bonds. The number of aliphatic hydroxyl groups is 1. The molecule has 0 spiro atoms. The summed E-state index contributed by atoms with van der Waals surface area (Å²) >= 11 is 3.55. The fourth-order valence-corrected chi connectivity index (χ4v) is 4.20. The zero-order chi connectivity index (χ0) is 22.1. The molecule has 4 rings (SSSR count). The average molecular weight is 481 g/mol. The van der Waals surface area contributed by atoms with Gasteiger partial charge in [0.15, 0.2) is 4.60 Å². The van der Waals surface area contributed by atoms with E-state index in [0.717, 1.165) is 11.1 Å². The predicted octanol–water partition coefficient (Wildman–Crippen LogP) is 5.25. The number of halogens is 1. The maximum absolute atomic E-state index is 11.5. The Hall–Kier alpha value is -3.16. The minimum Gasteiger partial charge on any atom is -0.478 e. The number of pyridine rings is 1. The number of carboxylic acid groups (broad SMARTS) is 1. The van der Waals surface area contributed by atoms with Crippen molar-refractivity contribution in [2.75, 3.05) is 6.61 Å². The molecule has 2 aromatic heterocycles. The van der Waals surface area contributed by atoms with E-state index in [1.165, 1.54) is 0 Å². The van der Waals surface area contributed by atoms with Crippen LogP contribution < -0.4 is 4.74 Å². The number of carboxylic acids is 1. The second-order valence-corrected chi connectivity index (χ2v) is 7.87. The molecule has 0 aliphatic carbocycles. The Balaban J connectivity index is 1.74. The maximum Gasteiger partial charge on any atom is 0.336 e. The molecule has 0 saturated carbocycles. The molecule has 7 heteroatoms. The molecule has 2 aromatic carbocycles. The Morgan fingerprint density at radius 3 is 2.52 bits per heavy atom. The highest BCUT2D eigenvalue weighted by molar-refractivity contribution is 9.10. The van der Waals surface area contributed by atoms with Crippen molar-refractivity contribution in [1.82, 2.24) is 9.38 Å². The quantitative estimate of drug-likeness (QED) is 0.393. The fourth-order valence-electron chi connectivity index (χ4n) is 3.62. The highest BCUT2D eigenvalue weighted by Crippen LogP contribution is 2.33. The van der Waals surface area contributed by atoms with Crippen LogP contribution in [0.5, 0.6) is 5.88 Å². The van der Waals surface area contributed by atoms with E-state index in [9.17, 15) is 15.0 Å². The minimum atomic E-state index is -0.975. The van der Waals surface area contributed by atoms with Gasteiger partial charge >= 0.3 is 5.97 Å². The molecule has 0 aliphatic rings. The first-order valence-corrected chi connectivity index (χ1v) is 10.6. The monoisotopic (exact) mass is 480 g/mol. The van der Waals surface area contributed by atoms with Gasteiger partial charge in [-0.15, -0.1) is 0 Å². The van der Waals surface area contributed by atoms with E-state index >= 15 is 0 Å². The van der Waals surface area contributed by atoms with Gasteiger partial charge in [0.2, 0.25) is 5.88 Å². The molecule has 0 fully saturated rings. The summed E-state index contributed by atoms with van der Waals surface area (Å²) in [6, 6.07) is 17.9. The van der Waals surface area contributed by atoms with Crippen molar-refractivity contribution in [2.24, 2.45) is 0 Å². The van der Waals surface area contributed by atoms with Crippen LogP contribution in [0.1, 0.15) is 40.2 Å². The molecule has 1 atom stereocenters. The van der Waals surface area contributed by atoms with Crippen LogP contribution in [0.4, 0.5) is 0 Å². The zero-order valence-corrected chi connectivity index (χ0v) is 18.6. The van der Waals surface area contributed by atoms with Gasteiger partial charge in [-0.05, 0) is 64.2 Å². The average Bonchev–Trinajstić information content (AvgIpc) is 3.11. The molecular formula is C24H21BrN2O4. The van der Waals surface area contributed by atoms with Gasteiger partial charge in [0, 0.05) is 0 Å². The molecule has 6 nitrogen and oxygen atoms in total.